The molecule has 1 aliphatic rings. The highest BCUT2D eigenvalue weighted by Gasteiger charge is 2.30. The molecule has 0 saturated heterocycles. The Morgan fingerprint density at radius 2 is 2.25 bits per heavy atom. The van der Waals surface area contributed by atoms with Gasteiger partial charge in [-0.15, -0.1) is 22.7 Å². The largest absolute Gasteiger partial charge is 0.341 e. The van der Waals surface area contributed by atoms with Gasteiger partial charge >= 0.3 is 0 Å². The van der Waals surface area contributed by atoms with Crippen LogP contribution in [0.25, 0.3) is 0 Å². The summed E-state index contributed by atoms with van der Waals surface area (Å²) in [6.45, 7) is 6.02. The molecule has 2 heterocycles. The maximum absolute atomic E-state index is 5.90. The monoisotopic (exact) mass is 307 g/mol. The molecule has 5 heteroatoms. The molecule has 1 saturated carbocycles. The molecule has 108 valence electrons. The number of hydrogen-bond donors (Lipinski definition) is 1. The minimum Gasteiger partial charge on any atom is -0.341 e. The molecule has 0 bridgehead atoms. The summed E-state index contributed by atoms with van der Waals surface area (Å²) in [6, 6.07) is 4.75. The van der Waals surface area contributed by atoms with Crippen LogP contribution in [0.2, 0.25) is 0 Å². The lowest BCUT2D eigenvalue weighted by molar-refractivity contribution is 0.683. The predicted octanol–water partition coefficient (Wildman–Crippen LogP) is 3.96. The first kappa shape index (κ1) is 14.0. The van der Waals surface area contributed by atoms with Gasteiger partial charge in [0.25, 0.3) is 0 Å². The molecule has 20 heavy (non-hydrogen) atoms. The molecule has 0 spiro atoms. The zero-order chi connectivity index (χ0) is 14.1. The van der Waals surface area contributed by atoms with Crippen molar-refractivity contribution < 1.29 is 0 Å². The fourth-order valence-corrected chi connectivity index (χ4v) is 4.20. The Morgan fingerprint density at radius 3 is 2.80 bits per heavy atom. The summed E-state index contributed by atoms with van der Waals surface area (Å²) in [5, 5.41) is 3.27. The molecule has 3 nitrogen and oxygen atoms in total. The van der Waals surface area contributed by atoms with Gasteiger partial charge < -0.3 is 10.6 Å². The van der Waals surface area contributed by atoms with Crippen LogP contribution in [-0.2, 0) is 13.1 Å². The maximum atomic E-state index is 5.90. The molecule has 3 rings (SSSR count). The van der Waals surface area contributed by atoms with Gasteiger partial charge in [0.15, 0.2) is 5.13 Å². The van der Waals surface area contributed by atoms with E-state index in [1.165, 1.54) is 28.3 Å². The molecule has 2 aromatic heterocycles. The lowest BCUT2D eigenvalue weighted by Gasteiger charge is -2.25. The fourth-order valence-electron chi connectivity index (χ4n) is 2.34. The zero-order valence-corrected chi connectivity index (χ0v) is 13.6. The van der Waals surface area contributed by atoms with E-state index in [2.05, 4.69) is 36.3 Å². The zero-order valence-electron chi connectivity index (χ0n) is 12.0. The SMILES string of the molecule is CC(C)N(Cc1cccs1)c1nc(C2CC2)c(CN)s1. The minimum absolute atomic E-state index is 0.445. The van der Waals surface area contributed by atoms with Crippen molar-refractivity contribution in [1.29, 1.82) is 0 Å². The van der Waals surface area contributed by atoms with Gasteiger partial charge in [0, 0.05) is 28.3 Å². The van der Waals surface area contributed by atoms with E-state index < -0.39 is 0 Å². The Morgan fingerprint density at radius 1 is 1.45 bits per heavy atom. The van der Waals surface area contributed by atoms with E-state index in [-0.39, 0.29) is 0 Å². The van der Waals surface area contributed by atoms with Gasteiger partial charge in [-0.1, -0.05) is 6.07 Å². The van der Waals surface area contributed by atoms with Crippen molar-refractivity contribution in [1.82, 2.24) is 4.98 Å². The number of anilines is 1. The average Bonchev–Trinajstić information content (AvgIpc) is 2.99. The van der Waals surface area contributed by atoms with Crippen molar-refractivity contribution in [3.63, 3.8) is 0 Å². The Hall–Kier alpha value is -0.910. The molecule has 0 unspecified atom stereocenters. The van der Waals surface area contributed by atoms with Crippen molar-refractivity contribution in [2.75, 3.05) is 4.90 Å². The Bertz CT molecular complexity index is 556. The molecule has 0 aromatic carbocycles. The number of hydrogen-bond acceptors (Lipinski definition) is 5. The number of thiazole rings is 1. The first-order chi connectivity index (χ1) is 9.69. The predicted molar refractivity (Wildman–Crippen MR) is 87.6 cm³/mol. The van der Waals surface area contributed by atoms with Crippen molar-refractivity contribution in [3.05, 3.63) is 33.0 Å². The molecular formula is C15H21N3S2. The summed E-state index contributed by atoms with van der Waals surface area (Å²) in [5.41, 5.74) is 7.16. The second-order valence-corrected chi connectivity index (χ2v) is 7.68. The van der Waals surface area contributed by atoms with Gasteiger partial charge in [-0.05, 0) is 38.1 Å². The van der Waals surface area contributed by atoms with Gasteiger partial charge in [-0.3, -0.25) is 0 Å². The maximum Gasteiger partial charge on any atom is 0.186 e. The standard InChI is InChI=1S/C15H21N3S2/c1-10(2)18(9-12-4-3-7-19-12)15-17-14(11-5-6-11)13(8-16)20-15/h3-4,7,10-11H,5-6,8-9,16H2,1-2H3. The molecular weight excluding hydrogens is 286 g/mol. The van der Waals surface area contributed by atoms with E-state index in [1.807, 2.05) is 11.3 Å². The Labute approximate surface area is 128 Å². The van der Waals surface area contributed by atoms with E-state index in [4.69, 9.17) is 10.7 Å². The van der Waals surface area contributed by atoms with E-state index in [0.717, 1.165) is 11.7 Å². The van der Waals surface area contributed by atoms with E-state index >= 15 is 0 Å². The van der Waals surface area contributed by atoms with Gasteiger partial charge in [0.05, 0.1) is 12.2 Å². The lowest BCUT2D eigenvalue weighted by atomic mass is 10.2. The highest BCUT2D eigenvalue weighted by Crippen LogP contribution is 2.44. The molecule has 0 atom stereocenters. The van der Waals surface area contributed by atoms with Gasteiger partial charge in [0.1, 0.15) is 0 Å². The molecule has 1 fully saturated rings. The minimum atomic E-state index is 0.445. The van der Waals surface area contributed by atoms with Crippen LogP contribution in [0.4, 0.5) is 5.13 Å². The highest BCUT2D eigenvalue weighted by molar-refractivity contribution is 7.15. The van der Waals surface area contributed by atoms with Crippen LogP contribution in [0.1, 0.15) is 48.1 Å². The molecule has 2 aromatic rings. The Kier molecular flexibility index (Phi) is 4.10. The van der Waals surface area contributed by atoms with Crippen LogP contribution in [-0.4, -0.2) is 11.0 Å². The molecule has 0 amide bonds. The summed E-state index contributed by atoms with van der Waals surface area (Å²) in [7, 11) is 0. The highest BCUT2D eigenvalue weighted by atomic mass is 32.1. The van der Waals surface area contributed by atoms with Crippen LogP contribution >= 0.6 is 22.7 Å². The molecule has 1 aliphatic carbocycles. The normalized spacial score (nSPS) is 15.0. The van der Waals surface area contributed by atoms with Crippen molar-refractivity contribution in [2.24, 2.45) is 5.73 Å². The van der Waals surface area contributed by atoms with Gasteiger partial charge in [-0.2, -0.15) is 0 Å². The van der Waals surface area contributed by atoms with Crippen LogP contribution < -0.4 is 10.6 Å². The summed E-state index contributed by atoms with van der Waals surface area (Å²) in [5.74, 6) is 0.675. The van der Waals surface area contributed by atoms with Gasteiger partial charge in [-0.25, -0.2) is 4.98 Å². The molecule has 2 N–H and O–H groups in total. The first-order valence-corrected chi connectivity index (χ1v) is 8.87. The third-order valence-electron chi connectivity index (χ3n) is 3.64. The molecule has 0 radical (unpaired) electrons. The smallest absolute Gasteiger partial charge is 0.186 e. The molecule has 0 aliphatic heterocycles. The Balaban J connectivity index is 1.87. The van der Waals surface area contributed by atoms with E-state index in [0.29, 0.717) is 18.5 Å². The van der Waals surface area contributed by atoms with Crippen LogP contribution in [0.5, 0.6) is 0 Å². The van der Waals surface area contributed by atoms with Crippen molar-refractivity contribution >= 4 is 27.8 Å². The summed E-state index contributed by atoms with van der Waals surface area (Å²) in [6.07, 6.45) is 2.56. The first-order valence-electron chi connectivity index (χ1n) is 7.17. The number of aromatic nitrogens is 1. The van der Waals surface area contributed by atoms with Gasteiger partial charge in [0.2, 0.25) is 0 Å². The second kappa shape index (κ2) is 5.84. The lowest BCUT2D eigenvalue weighted by Crippen LogP contribution is -2.29. The van der Waals surface area contributed by atoms with Crippen LogP contribution in [0.3, 0.4) is 0 Å². The number of rotatable bonds is 6. The second-order valence-electron chi connectivity index (χ2n) is 5.58. The topological polar surface area (TPSA) is 42.2 Å². The third kappa shape index (κ3) is 2.90. The van der Waals surface area contributed by atoms with Crippen LogP contribution in [0, 0.1) is 0 Å². The average molecular weight is 307 g/mol. The summed E-state index contributed by atoms with van der Waals surface area (Å²) >= 11 is 3.59. The quantitative estimate of drug-likeness (QED) is 0.878. The number of nitrogens with two attached hydrogens (primary N) is 1. The van der Waals surface area contributed by atoms with E-state index in [9.17, 15) is 0 Å². The summed E-state index contributed by atoms with van der Waals surface area (Å²) < 4.78 is 0. The van der Waals surface area contributed by atoms with Crippen molar-refractivity contribution in [2.45, 2.75) is 51.7 Å². The van der Waals surface area contributed by atoms with Crippen molar-refractivity contribution in [3.8, 4) is 0 Å². The summed E-state index contributed by atoms with van der Waals surface area (Å²) in [4.78, 5) is 9.97. The third-order valence-corrected chi connectivity index (χ3v) is 5.63. The van der Waals surface area contributed by atoms with Crippen LogP contribution in [0.15, 0.2) is 17.5 Å². The van der Waals surface area contributed by atoms with E-state index in [1.54, 1.807) is 11.3 Å². The number of nitrogens with zero attached hydrogens (tertiary/aromatic N) is 2. The fraction of sp³-hybridized carbons (Fsp3) is 0.533. The number of thiophene rings is 1.